The predicted molar refractivity (Wildman–Crippen MR) is 188 cm³/mol. The van der Waals surface area contributed by atoms with Gasteiger partial charge in [0, 0.05) is 24.6 Å². The van der Waals surface area contributed by atoms with Gasteiger partial charge in [-0.2, -0.15) is 8.42 Å². The number of rotatable bonds is 15. The van der Waals surface area contributed by atoms with Crippen LogP contribution in [0.3, 0.4) is 0 Å². The van der Waals surface area contributed by atoms with Crippen LogP contribution in [0, 0.1) is 0 Å². The van der Waals surface area contributed by atoms with Crippen molar-refractivity contribution >= 4 is 62.2 Å². The molecule has 2 aromatic heterocycles. The number of unbranched alkanes of at least 4 members (excludes halogenated alkanes) is 3. The summed E-state index contributed by atoms with van der Waals surface area (Å²) < 4.78 is 34.3. The Morgan fingerprint density at radius 3 is 2.19 bits per heavy atom. The lowest BCUT2D eigenvalue weighted by molar-refractivity contribution is 0.304. The third-order valence-corrected chi connectivity index (χ3v) is 9.21. The van der Waals surface area contributed by atoms with E-state index >= 15 is 0 Å². The van der Waals surface area contributed by atoms with Crippen LogP contribution in [-0.2, 0) is 27.1 Å². The molecular formula is C34H33Cl4N3O5S. The fourth-order valence-electron chi connectivity index (χ4n) is 5.01. The number of imidazole rings is 1. The van der Waals surface area contributed by atoms with Crippen LogP contribution in [0.1, 0.15) is 48.2 Å². The highest BCUT2D eigenvalue weighted by Crippen LogP contribution is 2.31. The van der Waals surface area contributed by atoms with Gasteiger partial charge in [-0.05, 0) is 36.1 Å². The first kappa shape index (κ1) is 35.3. The van der Waals surface area contributed by atoms with Crippen molar-refractivity contribution in [3.05, 3.63) is 113 Å². The molecule has 0 aliphatic carbocycles. The van der Waals surface area contributed by atoms with E-state index in [4.69, 9.17) is 65.3 Å². The molecule has 0 spiro atoms. The van der Waals surface area contributed by atoms with Crippen LogP contribution in [0.25, 0.3) is 16.9 Å². The first-order valence-corrected chi connectivity index (χ1v) is 18.1. The maximum absolute atomic E-state index is 11.9. The average molecular weight is 738 g/mol. The normalized spacial score (nSPS) is 12.1. The molecule has 0 amide bonds. The molecule has 1 N–H and O–H groups in total. The second-order valence-electron chi connectivity index (χ2n) is 11.0. The van der Waals surface area contributed by atoms with Crippen molar-refractivity contribution in [2.45, 2.75) is 42.3 Å². The number of hydrogen-bond acceptors (Lipinski definition) is 7. The molecule has 0 fully saturated rings. The molecule has 0 aliphatic heterocycles. The van der Waals surface area contributed by atoms with Crippen LogP contribution < -0.4 is 4.74 Å². The molecule has 0 unspecified atom stereocenters. The molecular weight excluding hydrogens is 704 g/mol. The number of ether oxygens (including phenoxy) is 1. The summed E-state index contributed by atoms with van der Waals surface area (Å²) in [7, 11) is -3.75. The van der Waals surface area contributed by atoms with Crippen molar-refractivity contribution in [3.63, 3.8) is 0 Å². The number of fused-ring (bicyclic) bond motifs is 1. The van der Waals surface area contributed by atoms with Crippen LogP contribution in [0.5, 0.6) is 11.6 Å². The monoisotopic (exact) mass is 735 g/mol. The number of aromatic nitrogens is 3. The molecule has 0 atom stereocenters. The quantitative estimate of drug-likeness (QED) is 0.0653. The minimum atomic E-state index is -3.75. The first-order chi connectivity index (χ1) is 22.5. The molecule has 5 rings (SSSR count). The highest BCUT2D eigenvalue weighted by Gasteiger charge is 2.24. The SMILES string of the molecule is O=S(=O)(CCCCCCOc1ccc(Cc2nc3c(Cc4ccccc4)nc(-c4ccccc4)cn3c2O)cc1Cl)OCC(Cl)(Cl)Cl. The molecule has 0 saturated carbocycles. The lowest BCUT2D eigenvalue weighted by Crippen LogP contribution is -2.19. The van der Waals surface area contributed by atoms with Gasteiger partial charge in [-0.3, -0.25) is 8.58 Å². The number of benzene rings is 3. The number of aromatic hydroxyl groups is 1. The Morgan fingerprint density at radius 1 is 0.809 bits per heavy atom. The highest BCUT2D eigenvalue weighted by atomic mass is 35.6. The molecule has 248 valence electrons. The third kappa shape index (κ3) is 10.2. The van der Waals surface area contributed by atoms with E-state index in [0.717, 1.165) is 34.5 Å². The summed E-state index contributed by atoms with van der Waals surface area (Å²) in [5.41, 5.74) is 5.50. The molecule has 2 heterocycles. The smallest absolute Gasteiger partial charge is 0.267 e. The second kappa shape index (κ2) is 15.9. The molecule has 0 radical (unpaired) electrons. The van der Waals surface area contributed by atoms with E-state index in [1.54, 1.807) is 16.5 Å². The van der Waals surface area contributed by atoms with Crippen LogP contribution in [0.15, 0.2) is 85.1 Å². The van der Waals surface area contributed by atoms with Crippen LogP contribution in [-0.4, -0.2) is 50.7 Å². The summed E-state index contributed by atoms with van der Waals surface area (Å²) in [6.07, 6.45) is 5.30. The topological polar surface area (TPSA) is 103 Å². The zero-order valence-electron chi connectivity index (χ0n) is 25.3. The minimum absolute atomic E-state index is 0.0509. The van der Waals surface area contributed by atoms with Gasteiger partial charge in [0.15, 0.2) is 5.65 Å². The largest absolute Gasteiger partial charge is 0.493 e. The molecule has 13 heteroatoms. The van der Waals surface area contributed by atoms with E-state index in [2.05, 4.69) is 0 Å². The summed E-state index contributed by atoms with van der Waals surface area (Å²) in [5, 5.41) is 11.7. The van der Waals surface area contributed by atoms with E-state index in [9.17, 15) is 13.5 Å². The Bertz CT molecular complexity index is 1900. The predicted octanol–water partition coefficient (Wildman–Crippen LogP) is 8.59. The van der Waals surface area contributed by atoms with Gasteiger partial charge in [-0.15, -0.1) is 0 Å². The lowest BCUT2D eigenvalue weighted by Gasteiger charge is -2.11. The van der Waals surface area contributed by atoms with Crippen LogP contribution in [0.2, 0.25) is 5.02 Å². The fraction of sp³-hybridized carbons (Fsp3) is 0.294. The summed E-state index contributed by atoms with van der Waals surface area (Å²) >= 11 is 23.2. The van der Waals surface area contributed by atoms with Crippen molar-refractivity contribution in [2.75, 3.05) is 19.0 Å². The number of alkyl halides is 3. The molecule has 0 aliphatic rings. The standard InChI is InChI=1S/C34H33Cl4N3O5S/c35-27-19-25(15-16-31(27)45-17-9-1-2-10-18-47(43,44)46-23-34(36,37)38)21-29-33(42)41-22-30(26-13-7-4-8-14-26)39-28(32(41)40-29)20-24-11-5-3-6-12-24/h3-8,11-16,19,22,42H,1-2,9-10,17-18,20-21,23H2. The number of nitrogens with zero attached hydrogens (tertiary/aromatic N) is 3. The molecule has 8 nitrogen and oxygen atoms in total. The van der Waals surface area contributed by atoms with Crippen molar-refractivity contribution in [3.8, 4) is 22.9 Å². The van der Waals surface area contributed by atoms with Gasteiger partial charge in [-0.25, -0.2) is 9.97 Å². The van der Waals surface area contributed by atoms with Gasteiger partial charge >= 0.3 is 0 Å². The van der Waals surface area contributed by atoms with Gasteiger partial charge < -0.3 is 9.84 Å². The van der Waals surface area contributed by atoms with E-state index in [1.165, 1.54) is 0 Å². The van der Waals surface area contributed by atoms with E-state index in [0.29, 0.717) is 60.8 Å². The third-order valence-electron chi connectivity index (χ3n) is 7.32. The zero-order chi connectivity index (χ0) is 33.4. The molecule has 0 saturated heterocycles. The summed E-state index contributed by atoms with van der Waals surface area (Å²) in [4.78, 5) is 9.78. The van der Waals surface area contributed by atoms with Gasteiger partial charge in [0.25, 0.3) is 10.1 Å². The lowest BCUT2D eigenvalue weighted by atomic mass is 10.1. The maximum Gasteiger partial charge on any atom is 0.267 e. The fourth-order valence-corrected chi connectivity index (χ4v) is 6.66. The molecule has 47 heavy (non-hydrogen) atoms. The van der Waals surface area contributed by atoms with E-state index < -0.39 is 20.5 Å². The highest BCUT2D eigenvalue weighted by molar-refractivity contribution is 7.86. The molecule has 5 aromatic rings. The number of halogens is 4. The summed E-state index contributed by atoms with van der Waals surface area (Å²) in [6, 6.07) is 25.4. The van der Waals surface area contributed by atoms with Crippen LogP contribution >= 0.6 is 46.4 Å². The minimum Gasteiger partial charge on any atom is -0.493 e. The van der Waals surface area contributed by atoms with Crippen molar-refractivity contribution < 1.29 is 22.4 Å². The number of hydrogen-bond donors (Lipinski definition) is 1. The Balaban J connectivity index is 1.21. The van der Waals surface area contributed by atoms with Gasteiger partial charge in [0.1, 0.15) is 18.1 Å². The van der Waals surface area contributed by atoms with Gasteiger partial charge in [0.05, 0.1) is 28.8 Å². The van der Waals surface area contributed by atoms with E-state index in [1.807, 2.05) is 72.9 Å². The Hall–Kier alpha value is -3.05. The molecule has 3 aromatic carbocycles. The Kier molecular flexibility index (Phi) is 11.9. The Morgan fingerprint density at radius 2 is 1.49 bits per heavy atom. The van der Waals surface area contributed by atoms with Crippen LogP contribution in [0.4, 0.5) is 0 Å². The van der Waals surface area contributed by atoms with Crippen molar-refractivity contribution in [2.24, 2.45) is 0 Å². The summed E-state index contributed by atoms with van der Waals surface area (Å²) in [6.45, 7) is -0.0972. The maximum atomic E-state index is 11.9. The van der Waals surface area contributed by atoms with Crippen molar-refractivity contribution in [1.82, 2.24) is 14.4 Å². The van der Waals surface area contributed by atoms with Crippen molar-refractivity contribution in [1.29, 1.82) is 0 Å². The Labute approximate surface area is 294 Å². The van der Waals surface area contributed by atoms with Gasteiger partial charge in [0.2, 0.25) is 9.67 Å². The van der Waals surface area contributed by atoms with E-state index in [-0.39, 0.29) is 11.6 Å². The average Bonchev–Trinajstić information content (AvgIpc) is 3.36. The van der Waals surface area contributed by atoms with Gasteiger partial charge in [-0.1, -0.05) is 126 Å². The summed E-state index contributed by atoms with van der Waals surface area (Å²) in [5.74, 6) is 0.442. The first-order valence-electron chi connectivity index (χ1n) is 15.0. The second-order valence-corrected chi connectivity index (χ2v) is 15.7. The zero-order valence-corrected chi connectivity index (χ0v) is 29.1. The molecule has 0 bridgehead atoms.